The molecule has 49 heavy (non-hydrogen) atoms. The van der Waals surface area contributed by atoms with E-state index in [-0.39, 0.29) is 28.1 Å². The summed E-state index contributed by atoms with van der Waals surface area (Å²) in [5, 5.41) is 0. The van der Waals surface area contributed by atoms with Crippen molar-refractivity contribution in [3.63, 3.8) is 0 Å². The monoisotopic (exact) mass is 694 g/mol. The van der Waals surface area contributed by atoms with Crippen LogP contribution < -0.4 is 9.47 Å². The molecule has 0 aliphatic carbocycles. The van der Waals surface area contributed by atoms with Gasteiger partial charge in [-0.2, -0.15) is 8.78 Å². The van der Waals surface area contributed by atoms with Crippen molar-refractivity contribution in [2.45, 2.75) is 45.1 Å². The quantitative estimate of drug-likeness (QED) is 0.102. The molecule has 5 aromatic rings. The molecule has 4 aromatic carbocycles. The van der Waals surface area contributed by atoms with E-state index in [9.17, 15) is 35.1 Å². The predicted molar refractivity (Wildman–Crippen MR) is 159 cm³/mol. The molecule has 5 rings (SSSR count). The molecule has 0 aliphatic heterocycles. The van der Waals surface area contributed by atoms with Gasteiger partial charge in [0.05, 0.1) is 0 Å². The van der Waals surface area contributed by atoms with Crippen LogP contribution in [0.3, 0.4) is 0 Å². The van der Waals surface area contributed by atoms with Crippen LogP contribution in [0, 0.1) is 29.1 Å². The highest BCUT2D eigenvalue weighted by Gasteiger charge is 2.41. The SMILES string of the molecule is CCCCCc1cnc(-c2cc(F)c(C(F)(F)Oc3ccc(-c4ccc(-c5cc(F)c(OC(F)(F)F)c(F)c5)c(F)c4)cc3)c(F)c2)nc1. The Morgan fingerprint density at radius 2 is 1.14 bits per heavy atom. The van der Waals surface area contributed by atoms with Crippen LogP contribution in [-0.2, 0) is 12.5 Å². The van der Waals surface area contributed by atoms with Crippen molar-refractivity contribution in [1.82, 2.24) is 9.97 Å². The van der Waals surface area contributed by atoms with Crippen LogP contribution in [0.4, 0.5) is 43.9 Å². The third-order valence-corrected chi connectivity index (χ3v) is 7.30. The summed E-state index contributed by atoms with van der Waals surface area (Å²) in [4.78, 5) is 8.19. The van der Waals surface area contributed by atoms with Gasteiger partial charge in [-0.3, -0.25) is 0 Å². The molecule has 1 heterocycles. The number of benzene rings is 4. The Morgan fingerprint density at radius 1 is 0.592 bits per heavy atom. The van der Waals surface area contributed by atoms with E-state index in [1.807, 2.05) is 0 Å². The van der Waals surface area contributed by atoms with Crippen molar-refractivity contribution in [1.29, 1.82) is 0 Å². The molecule has 0 bridgehead atoms. The minimum atomic E-state index is -5.36. The van der Waals surface area contributed by atoms with E-state index in [1.165, 1.54) is 30.6 Å². The van der Waals surface area contributed by atoms with Crippen LogP contribution in [0.2, 0.25) is 0 Å². The number of alkyl halides is 5. The molecule has 0 saturated carbocycles. The number of unbranched alkanes of at least 4 members (excludes halogenated alkanes) is 2. The highest BCUT2D eigenvalue weighted by atomic mass is 19.4. The molecule has 0 unspecified atom stereocenters. The molecular weight excluding hydrogens is 670 g/mol. The zero-order valence-electron chi connectivity index (χ0n) is 25.3. The van der Waals surface area contributed by atoms with Crippen molar-refractivity contribution in [3.8, 4) is 45.1 Å². The van der Waals surface area contributed by atoms with Crippen LogP contribution in [0.15, 0.2) is 79.1 Å². The van der Waals surface area contributed by atoms with Gasteiger partial charge in [0.15, 0.2) is 17.5 Å². The Morgan fingerprint density at radius 3 is 1.69 bits per heavy atom. The summed E-state index contributed by atoms with van der Waals surface area (Å²) in [6, 6.07) is 10.2. The van der Waals surface area contributed by atoms with Gasteiger partial charge in [-0.05, 0) is 77.6 Å². The third kappa shape index (κ3) is 8.30. The van der Waals surface area contributed by atoms with Gasteiger partial charge in [-0.25, -0.2) is 31.9 Å². The summed E-state index contributed by atoms with van der Waals surface area (Å²) in [6.45, 7) is 2.05. The lowest BCUT2D eigenvalue weighted by molar-refractivity contribution is -0.276. The fourth-order valence-electron chi connectivity index (χ4n) is 4.96. The lowest BCUT2D eigenvalue weighted by atomic mass is 9.99. The molecule has 0 fully saturated rings. The van der Waals surface area contributed by atoms with Gasteiger partial charge in [0.2, 0.25) is 5.75 Å². The van der Waals surface area contributed by atoms with E-state index >= 15 is 8.78 Å². The second-order valence-electron chi connectivity index (χ2n) is 10.8. The molecule has 0 aliphatic rings. The first kappa shape index (κ1) is 35.2. The van der Waals surface area contributed by atoms with Gasteiger partial charge in [-0.1, -0.05) is 44.0 Å². The van der Waals surface area contributed by atoms with E-state index in [4.69, 9.17) is 0 Å². The molecule has 0 saturated heterocycles. The summed E-state index contributed by atoms with van der Waals surface area (Å²) >= 11 is 0. The zero-order valence-corrected chi connectivity index (χ0v) is 25.3. The average Bonchev–Trinajstić information content (AvgIpc) is 3.02. The standard InChI is InChI=1S/C35H24F10N2O2/c1-2-3-4-5-19-17-46-33(47-18-19)23-15-27(37)31(28(38)16-23)34(41,42)48-24-9-6-20(7-10-24)21-8-11-25(26(36)12-21)22-13-29(39)32(30(40)14-22)49-35(43,44)45/h6-18H,2-5H2,1H3. The summed E-state index contributed by atoms with van der Waals surface area (Å²) < 4.78 is 148. The number of ether oxygens (including phenoxy) is 2. The van der Waals surface area contributed by atoms with Crippen molar-refractivity contribution < 1.29 is 53.4 Å². The first-order valence-corrected chi connectivity index (χ1v) is 14.7. The van der Waals surface area contributed by atoms with Crippen molar-refractivity contribution >= 4 is 0 Å². The van der Waals surface area contributed by atoms with Crippen molar-refractivity contribution in [2.24, 2.45) is 0 Å². The number of hydrogen-bond donors (Lipinski definition) is 0. The Bertz CT molecular complexity index is 1900. The summed E-state index contributed by atoms with van der Waals surface area (Å²) in [5.41, 5.74) is -1.33. The second-order valence-corrected chi connectivity index (χ2v) is 10.8. The lowest BCUT2D eigenvalue weighted by Gasteiger charge is -2.20. The summed E-state index contributed by atoms with van der Waals surface area (Å²) in [7, 11) is 0. The highest BCUT2D eigenvalue weighted by Crippen LogP contribution is 2.38. The molecule has 0 atom stereocenters. The average molecular weight is 695 g/mol. The topological polar surface area (TPSA) is 44.2 Å². The number of nitrogens with zero attached hydrogens (tertiary/aromatic N) is 2. The Labute approximate surface area is 273 Å². The molecule has 4 nitrogen and oxygen atoms in total. The summed E-state index contributed by atoms with van der Waals surface area (Å²) in [6.07, 6.45) is -3.14. The first-order valence-electron chi connectivity index (χ1n) is 14.7. The molecule has 14 heteroatoms. The number of halogens is 10. The van der Waals surface area contributed by atoms with E-state index in [0.29, 0.717) is 24.3 Å². The largest absolute Gasteiger partial charge is 0.573 e. The Hall–Kier alpha value is -5.14. The van der Waals surface area contributed by atoms with E-state index < -0.39 is 64.2 Å². The van der Waals surface area contributed by atoms with Gasteiger partial charge in [0, 0.05) is 23.5 Å². The van der Waals surface area contributed by atoms with Crippen LogP contribution in [-0.4, -0.2) is 16.3 Å². The molecular formula is C35H24F10N2O2. The maximum absolute atomic E-state index is 15.0. The van der Waals surface area contributed by atoms with Crippen LogP contribution in [0.5, 0.6) is 11.5 Å². The number of hydrogen-bond acceptors (Lipinski definition) is 4. The smallest absolute Gasteiger partial charge is 0.429 e. The predicted octanol–water partition coefficient (Wildman–Crippen LogP) is 10.9. The van der Waals surface area contributed by atoms with Crippen LogP contribution in [0.1, 0.15) is 37.3 Å². The fraction of sp³-hybridized carbons (Fsp3) is 0.200. The number of aryl methyl sites for hydroxylation is 1. The second kappa shape index (κ2) is 14.1. The van der Waals surface area contributed by atoms with E-state index in [2.05, 4.69) is 26.4 Å². The maximum atomic E-state index is 15.0. The Kier molecular flexibility index (Phi) is 10.2. The van der Waals surface area contributed by atoms with Crippen LogP contribution in [0.25, 0.3) is 33.6 Å². The third-order valence-electron chi connectivity index (χ3n) is 7.30. The van der Waals surface area contributed by atoms with Gasteiger partial charge in [-0.15, -0.1) is 13.2 Å². The van der Waals surface area contributed by atoms with Crippen LogP contribution >= 0.6 is 0 Å². The number of aromatic nitrogens is 2. The fourth-order valence-corrected chi connectivity index (χ4v) is 4.96. The molecule has 0 spiro atoms. The minimum Gasteiger partial charge on any atom is -0.429 e. The summed E-state index contributed by atoms with van der Waals surface area (Å²) in [5.74, 6) is -9.88. The molecule has 0 amide bonds. The molecule has 256 valence electrons. The first-order chi connectivity index (χ1) is 23.1. The van der Waals surface area contributed by atoms with Crippen molar-refractivity contribution in [3.05, 3.63) is 119 Å². The van der Waals surface area contributed by atoms with E-state index in [1.54, 1.807) is 0 Å². The molecule has 0 N–H and O–H groups in total. The lowest BCUT2D eigenvalue weighted by Crippen LogP contribution is -2.25. The minimum absolute atomic E-state index is 0.0550. The normalized spacial score (nSPS) is 11.9. The zero-order chi connectivity index (χ0) is 35.5. The van der Waals surface area contributed by atoms with Gasteiger partial charge in [0.1, 0.15) is 28.8 Å². The van der Waals surface area contributed by atoms with Gasteiger partial charge in [0.25, 0.3) is 0 Å². The molecule has 0 radical (unpaired) electrons. The highest BCUT2D eigenvalue weighted by molar-refractivity contribution is 5.72. The molecule has 1 aromatic heterocycles. The van der Waals surface area contributed by atoms with Crippen molar-refractivity contribution in [2.75, 3.05) is 0 Å². The number of rotatable bonds is 11. The van der Waals surface area contributed by atoms with Gasteiger partial charge >= 0.3 is 12.5 Å². The van der Waals surface area contributed by atoms with Gasteiger partial charge < -0.3 is 9.47 Å². The Balaban J connectivity index is 1.31. The maximum Gasteiger partial charge on any atom is 0.573 e. The van der Waals surface area contributed by atoms with E-state index in [0.717, 1.165) is 55.5 Å².